The molecule has 4 nitrogen and oxygen atoms in total. The minimum absolute atomic E-state index is 0.0595. The van der Waals surface area contributed by atoms with Crippen LogP contribution in [0.2, 0.25) is 0 Å². The molecule has 4 fully saturated rings. The second-order valence-corrected chi connectivity index (χ2v) is 10.5. The van der Waals surface area contributed by atoms with Crippen molar-refractivity contribution in [2.75, 3.05) is 16.8 Å². The molecule has 1 atom stereocenters. The summed E-state index contributed by atoms with van der Waals surface area (Å²) in [5.41, 5.74) is 2.30. The first-order valence-corrected chi connectivity index (χ1v) is 11.8. The SMILES string of the molecule is Cc1ccc(NC(=O)CSCC(=O)N[C@H](C)C23CC4CC(CC(C4)C2)C3)cc1. The Morgan fingerprint density at radius 1 is 1.00 bits per heavy atom. The van der Waals surface area contributed by atoms with Crippen LogP contribution in [0.25, 0.3) is 0 Å². The van der Waals surface area contributed by atoms with E-state index in [0.29, 0.717) is 16.9 Å². The van der Waals surface area contributed by atoms with Crippen LogP contribution in [0, 0.1) is 30.1 Å². The average molecular weight is 401 g/mol. The Kier molecular flexibility index (Phi) is 5.73. The van der Waals surface area contributed by atoms with Gasteiger partial charge < -0.3 is 10.6 Å². The molecule has 1 aromatic carbocycles. The molecule has 0 aromatic heterocycles. The minimum Gasteiger partial charge on any atom is -0.352 e. The Morgan fingerprint density at radius 3 is 2.11 bits per heavy atom. The normalized spacial score (nSPS) is 31.4. The third-order valence-electron chi connectivity index (χ3n) is 7.18. The van der Waals surface area contributed by atoms with Crippen molar-refractivity contribution in [2.24, 2.45) is 23.2 Å². The number of benzene rings is 1. The highest BCUT2D eigenvalue weighted by molar-refractivity contribution is 8.00. The predicted molar refractivity (Wildman–Crippen MR) is 115 cm³/mol. The zero-order valence-electron chi connectivity index (χ0n) is 17.0. The molecular weight excluding hydrogens is 368 g/mol. The summed E-state index contributed by atoms with van der Waals surface area (Å²) in [5.74, 6) is 3.33. The Hall–Kier alpha value is -1.49. The van der Waals surface area contributed by atoms with Gasteiger partial charge in [-0.05, 0) is 87.7 Å². The van der Waals surface area contributed by atoms with Gasteiger partial charge in [0.1, 0.15) is 0 Å². The largest absolute Gasteiger partial charge is 0.352 e. The quantitative estimate of drug-likeness (QED) is 0.714. The summed E-state index contributed by atoms with van der Waals surface area (Å²) in [6, 6.07) is 8.00. The van der Waals surface area contributed by atoms with E-state index in [1.165, 1.54) is 50.3 Å². The van der Waals surface area contributed by atoms with E-state index in [0.717, 1.165) is 29.0 Å². The maximum atomic E-state index is 12.5. The second-order valence-electron chi connectivity index (χ2n) is 9.48. The fraction of sp³-hybridized carbons (Fsp3) is 0.652. The van der Waals surface area contributed by atoms with Crippen molar-refractivity contribution in [1.82, 2.24) is 5.32 Å². The van der Waals surface area contributed by atoms with E-state index in [1.54, 1.807) is 0 Å². The van der Waals surface area contributed by atoms with Gasteiger partial charge in [-0.3, -0.25) is 9.59 Å². The molecule has 0 radical (unpaired) electrons. The molecule has 0 aliphatic heterocycles. The van der Waals surface area contributed by atoms with Crippen molar-refractivity contribution in [3.8, 4) is 0 Å². The molecular formula is C23H32N2O2S. The maximum absolute atomic E-state index is 12.5. The number of amides is 2. The lowest BCUT2D eigenvalue weighted by Gasteiger charge is -2.59. The van der Waals surface area contributed by atoms with Crippen LogP contribution in [0.3, 0.4) is 0 Å². The number of rotatable bonds is 7. The molecule has 4 aliphatic rings. The molecule has 0 spiro atoms. The smallest absolute Gasteiger partial charge is 0.234 e. The molecule has 2 N–H and O–H groups in total. The fourth-order valence-corrected chi connectivity index (χ4v) is 6.84. The molecule has 1 aromatic rings. The number of aryl methyl sites for hydroxylation is 1. The van der Waals surface area contributed by atoms with Crippen LogP contribution >= 0.6 is 11.8 Å². The summed E-state index contributed by atoms with van der Waals surface area (Å²) in [4.78, 5) is 24.5. The first-order valence-electron chi connectivity index (χ1n) is 10.7. The number of anilines is 1. The number of hydrogen-bond acceptors (Lipinski definition) is 3. The molecule has 4 saturated carbocycles. The van der Waals surface area contributed by atoms with Crippen LogP contribution in [0.15, 0.2) is 24.3 Å². The lowest BCUT2D eigenvalue weighted by atomic mass is 9.48. The molecule has 4 bridgehead atoms. The van der Waals surface area contributed by atoms with Crippen LogP contribution in [-0.4, -0.2) is 29.4 Å². The predicted octanol–water partition coefficient (Wildman–Crippen LogP) is 4.39. The molecule has 0 heterocycles. The summed E-state index contributed by atoms with van der Waals surface area (Å²) in [6.07, 6.45) is 8.16. The molecule has 0 unspecified atom stereocenters. The Labute approximate surface area is 172 Å². The molecule has 28 heavy (non-hydrogen) atoms. The van der Waals surface area contributed by atoms with Crippen molar-refractivity contribution >= 4 is 29.3 Å². The van der Waals surface area contributed by atoms with E-state index >= 15 is 0 Å². The van der Waals surface area contributed by atoms with Gasteiger partial charge in [0.25, 0.3) is 0 Å². The second kappa shape index (κ2) is 8.10. The van der Waals surface area contributed by atoms with Crippen molar-refractivity contribution in [3.63, 3.8) is 0 Å². The van der Waals surface area contributed by atoms with Gasteiger partial charge in [0, 0.05) is 11.7 Å². The van der Waals surface area contributed by atoms with Crippen molar-refractivity contribution in [2.45, 2.75) is 58.4 Å². The number of carbonyl (C=O) groups is 2. The van der Waals surface area contributed by atoms with Crippen molar-refractivity contribution in [3.05, 3.63) is 29.8 Å². The van der Waals surface area contributed by atoms with Gasteiger partial charge in [-0.1, -0.05) is 17.7 Å². The summed E-state index contributed by atoms with van der Waals surface area (Å²) in [7, 11) is 0. The fourth-order valence-electron chi connectivity index (χ4n) is 6.21. The number of hydrogen-bond donors (Lipinski definition) is 2. The Balaban J connectivity index is 1.20. The standard InChI is InChI=1S/C23H32N2O2S/c1-15-3-5-20(6-4-15)25-22(27)14-28-13-21(26)24-16(2)23-10-17-7-18(11-23)9-19(8-17)12-23/h3-6,16-19H,7-14H2,1-2H3,(H,24,26)(H,25,27)/t16-,17?,18?,19?,23?/m1/s1. The van der Waals surface area contributed by atoms with Gasteiger partial charge in [-0.25, -0.2) is 0 Å². The van der Waals surface area contributed by atoms with Gasteiger partial charge in [-0.15, -0.1) is 11.8 Å². The average Bonchev–Trinajstić information content (AvgIpc) is 2.62. The number of thioether (sulfide) groups is 1. The van der Waals surface area contributed by atoms with Gasteiger partial charge in [0.15, 0.2) is 0 Å². The van der Waals surface area contributed by atoms with Crippen molar-refractivity contribution < 1.29 is 9.59 Å². The van der Waals surface area contributed by atoms with Crippen molar-refractivity contribution in [1.29, 1.82) is 0 Å². The lowest BCUT2D eigenvalue weighted by molar-refractivity contribution is -0.123. The van der Waals surface area contributed by atoms with Crippen LogP contribution in [-0.2, 0) is 9.59 Å². The van der Waals surface area contributed by atoms with Crippen LogP contribution < -0.4 is 10.6 Å². The highest BCUT2D eigenvalue weighted by atomic mass is 32.2. The monoisotopic (exact) mass is 400 g/mol. The van der Waals surface area contributed by atoms with Gasteiger partial charge >= 0.3 is 0 Å². The minimum atomic E-state index is -0.0595. The number of nitrogens with one attached hydrogen (secondary N) is 2. The van der Waals surface area contributed by atoms with E-state index in [-0.39, 0.29) is 17.9 Å². The summed E-state index contributed by atoms with van der Waals surface area (Å²) in [5, 5.41) is 6.16. The third-order valence-corrected chi connectivity index (χ3v) is 8.12. The Bertz CT molecular complexity index is 695. The molecule has 0 saturated heterocycles. The molecule has 152 valence electrons. The van der Waals surface area contributed by atoms with E-state index < -0.39 is 0 Å². The highest BCUT2D eigenvalue weighted by Gasteiger charge is 2.53. The van der Waals surface area contributed by atoms with Crippen LogP contribution in [0.4, 0.5) is 5.69 Å². The summed E-state index contributed by atoms with van der Waals surface area (Å²) >= 11 is 1.39. The van der Waals surface area contributed by atoms with E-state index in [1.807, 2.05) is 31.2 Å². The topological polar surface area (TPSA) is 58.2 Å². The van der Waals surface area contributed by atoms with E-state index in [4.69, 9.17) is 0 Å². The molecule has 5 rings (SSSR count). The summed E-state index contributed by atoms with van der Waals surface area (Å²) < 4.78 is 0. The zero-order valence-corrected chi connectivity index (χ0v) is 17.8. The molecule has 2 amide bonds. The van der Waals surface area contributed by atoms with Gasteiger partial charge in [0.05, 0.1) is 11.5 Å². The molecule has 4 aliphatic carbocycles. The summed E-state index contributed by atoms with van der Waals surface area (Å²) in [6.45, 7) is 4.23. The Morgan fingerprint density at radius 2 is 1.54 bits per heavy atom. The maximum Gasteiger partial charge on any atom is 0.234 e. The molecule has 5 heteroatoms. The number of carbonyl (C=O) groups excluding carboxylic acids is 2. The van der Waals surface area contributed by atoms with Crippen LogP contribution in [0.1, 0.15) is 51.0 Å². The van der Waals surface area contributed by atoms with Gasteiger partial charge in [-0.2, -0.15) is 0 Å². The first kappa shape index (κ1) is 19.8. The first-order chi connectivity index (χ1) is 13.4. The third kappa shape index (κ3) is 4.40. The highest BCUT2D eigenvalue weighted by Crippen LogP contribution is 2.61. The lowest BCUT2D eigenvalue weighted by Crippen LogP contribution is -2.56. The van der Waals surface area contributed by atoms with E-state index in [9.17, 15) is 9.59 Å². The van der Waals surface area contributed by atoms with Crippen LogP contribution in [0.5, 0.6) is 0 Å². The van der Waals surface area contributed by atoms with E-state index in [2.05, 4.69) is 17.6 Å². The van der Waals surface area contributed by atoms with Gasteiger partial charge in [0.2, 0.25) is 11.8 Å². The zero-order chi connectivity index (χ0) is 19.7.